The van der Waals surface area contributed by atoms with Crippen molar-refractivity contribution in [2.24, 2.45) is 5.73 Å². The van der Waals surface area contributed by atoms with Crippen LogP contribution >= 0.6 is 0 Å². The van der Waals surface area contributed by atoms with Gasteiger partial charge in [0.1, 0.15) is 0 Å². The van der Waals surface area contributed by atoms with Crippen LogP contribution in [0.2, 0.25) is 0 Å². The van der Waals surface area contributed by atoms with Gasteiger partial charge in [-0.25, -0.2) is 0 Å². The maximum atomic E-state index is 10.2. The second-order valence-electron chi connectivity index (χ2n) is 4.82. The van der Waals surface area contributed by atoms with Gasteiger partial charge in [0.25, 0.3) is 0 Å². The lowest BCUT2D eigenvalue weighted by molar-refractivity contribution is 0.132. The van der Waals surface area contributed by atoms with Crippen molar-refractivity contribution in [3.05, 3.63) is 35.4 Å². The third-order valence-corrected chi connectivity index (χ3v) is 3.33. The van der Waals surface area contributed by atoms with E-state index in [0.29, 0.717) is 6.54 Å². The normalized spacial score (nSPS) is 14.6. The standard InChI is InChI=1S/C15H25NO/c1-3-4-5-6-15(17)14(11-16)13-9-7-12(2)8-10-13/h7-10,14-15,17H,3-6,11,16H2,1-2H3. The Labute approximate surface area is 105 Å². The molecule has 1 aromatic rings. The molecule has 2 nitrogen and oxygen atoms in total. The molecular weight excluding hydrogens is 210 g/mol. The van der Waals surface area contributed by atoms with Crippen LogP contribution in [-0.2, 0) is 0 Å². The van der Waals surface area contributed by atoms with E-state index in [-0.39, 0.29) is 12.0 Å². The molecule has 1 aromatic carbocycles. The van der Waals surface area contributed by atoms with Gasteiger partial charge in [-0.15, -0.1) is 0 Å². The first-order valence-corrected chi connectivity index (χ1v) is 6.63. The SMILES string of the molecule is CCCCCC(O)C(CN)c1ccc(C)cc1. The fourth-order valence-electron chi connectivity index (χ4n) is 2.13. The fourth-order valence-corrected chi connectivity index (χ4v) is 2.13. The number of benzene rings is 1. The van der Waals surface area contributed by atoms with Gasteiger partial charge in [-0.2, -0.15) is 0 Å². The van der Waals surface area contributed by atoms with Gasteiger partial charge in [0.05, 0.1) is 6.10 Å². The molecule has 2 heteroatoms. The van der Waals surface area contributed by atoms with Gasteiger partial charge in [-0.1, -0.05) is 56.0 Å². The highest BCUT2D eigenvalue weighted by Crippen LogP contribution is 2.22. The minimum atomic E-state index is -0.311. The van der Waals surface area contributed by atoms with Gasteiger partial charge >= 0.3 is 0 Å². The number of nitrogens with two attached hydrogens (primary N) is 1. The molecule has 0 heterocycles. The molecule has 0 saturated heterocycles. The highest BCUT2D eigenvalue weighted by Gasteiger charge is 2.18. The molecule has 2 unspecified atom stereocenters. The molecule has 17 heavy (non-hydrogen) atoms. The Morgan fingerprint density at radius 2 is 1.82 bits per heavy atom. The number of hydrogen-bond donors (Lipinski definition) is 2. The highest BCUT2D eigenvalue weighted by atomic mass is 16.3. The van der Waals surface area contributed by atoms with Crippen LogP contribution in [0.5, 0.6) is 0 Å². The highest BCUT2D eigenvalue weighted by molar-refractivity contribution is 5.25. The summed E-state index contributed by atoms with van der Waals surface area (Å²) in [5.41, 5.74) is 8.18. The third-order valence-electron chi connectivity index (χ3n) is 3.33. The number of unbranched alkanes of at least 4 members (excludes halogenated alkanes) is 2. The predicted molar refractivity (Wildman–Crippen MR) is 73.1 cm³/mol. The van der Waals surface area contributed by atoms with Crippen LogP contribution in [0.25, 0.3) is 0 Å². The number of hydrogen-bond acceptors (Lipinski definition) is 2. The molecule has 2 atom stereocenters. The summed E-state index contributed by atoms with van der Waals surface area (Å²) < 4.78 is 0. The largest absolute Gasteiger partial charge is 0.392 e. The minimum absolute atomic E-state index is 0.0763. The molecule has 0 aliphatic heterocycles. The monoisotopic (exact) mass is 235 g/mol. The zero-order valence-corrected chi connectivity index (χ0v) is 11.0. The smallest absolute Gasteiger partial charge is 0.0620 e. The first-order valence-electron chi connectivity index (χ1n) is 6.63. The molecule has 0 radical (unpaired) electrons. The topological polar surface area (TPSA) is 46.2 Å². The van der Waals surface area contributed by atoms with Crippen molar-refractivity contribution < 1.29 is 5.11 Å². The molecule has 0 aromatic heterocycles. The molecule has 0 fully saturated rings. The average Bonchev–Trinajstić information content (AvgIpc) is 2.33. The van der Waals surface area contributed by atoms with Crippen molar-refractivity contribution in [3.63, 3.8) is 0 Å². The van der Waals surface area contributed by atoms with E-state index in [1.54, 1.807) is 0 Å². The van der Waals surface area contributed by atoms with E-state index in [1.807, 2.05) is 0 Å². The van der Waals surface area contributed by atoms with Gasteiger partial charge in [0.2, 0.25) is 0 Å². The van der Waals surface area contributed by atoms with E-state index in [4.69, 9.17) is 5.73 Å². The van der Waals surface area contributed by atoms with Crippen LogP contribution in [0.3, 0.4) is 0 Å². The second kappa shape index (κ2) is 7.46. The lowest BCUT2D eigenvalue weighted by Crippen LogP contribution is -2.25. The van der Waals surface area contributed by atoms with E-state index in [2.05, 4.69) is 38.1 Å². The minimum Gasteiger partial charge on any atom is -0.392 e. The van der Waals surface area contributed by atoms with Gasteiger partial charge in [0.15, 0.2) is 0 Å². The van der Waals surface area contributed by atoms with Crippen molar-refractivity contribution in [3.8, 4) is 0 Å². The molecule has 0 aliphatic rings. The van der Waals surface area contributed by atoms with Crippen LogP contribution in [-0.4, -0.2) is 17.8 Å². The van der Waals surface area contributed by atoms with Gasteiger partial charge < -0.3 is 10.8 Å². The van der Waals surface area contributed by atoms with Crippen LogP contribution in [0.1, 0.15) is 49.7 Å². The van der Waals surface area contributed by atoms with Crippen LogP contribution in [0.15, 0.2) is 24.3 Å². The van der Waals surface area contributed by atoms with Gasteiger partial charge in [-0.05, 0) is 18.9 Å². The summed E-state index contributed by atoms with van der Waals surface area (Å²) in [4.78, 5) is 0. The summed E-state index contributed by atoms with van der Waals surface area (Å²) in [6.07, 6.45) is 3.99. The lowest BCUT2D eigenvalue weighted by atomic mass is 9.90. The van der Waals surface area contributed by atoms with E-state index < -0.39 is 0 Å². The summed E-state index contributed by atoms with van der Waals surface area (Å²) in [5.74, 6) is 0.0763. The van der Waals surface area contributed by atoms with Crippen LogP contribution in [0.4, 0.5) is 0 Å². The van der Waals surface area contributed by atoms with Crippen molar-refractivity contribution in [2.75, 3.05) is 6.54 Å². The Balaban J connectivity index is 2.60. The Morgan fingerprint density at radius 1 is 1.18 bits per heavy atom. The lowest BCUT2D eigenvalue weighted by Gasteiger charge is -2.22. The average molecular weight is 235 g/mol. The Hall–Kier alpha value is -0.860. The summed E-state index contributed by atoms with van der Waals surface area (Å²) in [7, 11) is 0. The first kappa shape index (κ1) is 14.2. The Bertz CT molecular complexity index is 307. The zero-order chi connectivity index (χ0) is 12.7. The van der Waals surface area contributed by atoms with E-state index in [0.717, 1.165) is 18.4 Å². The van der Waals surface area contributed by atoms with Gasteiger partial charge in [-0.3, -0.25) is 0 Å². The third kappa shape index (κ3) is 4.49. The van der Waals surface area contributed by atoms with Crippen molar-refractivity contribution in [2.45, 2.75) is 51.6 Å². The molecule has 0 amide bonds. The number of aliphatic hydroxyl groups is 1. The Kier molecular flexibility index (Phi) is 6.23. The summed E-state index contributed by atoms with van der Waals surface area (Å²) in [6, 6.07) is 8.32. The maximum absolute atomic E-state index is 10.2. The van der Waals surface area contributed by atoms with Crippen molar-refractivity contribution in [1.82, 2.24) is 0 Å². The zero-order valence-electron chi connectivity index (χ0n) is 11.0. The number of aryl methyl sites for hydroxylation is 1. The second-order valence-corrected chi connectivity index (χ2v) is 4.82. The van der Waals surface area contributed by atoms with E-state index in [9.17, 15) is 5.11 Å². The van der Waals surface area contributed by atoms with Crippen molar-refractivity contribution in [1.29, 1.82) is 0 Å². The number of rotatable bonds is 7. The number of aliphatic hydroxyl groups excluding tert-OH is 1. The summed E-state index contributed by atoms with van der Waals surface area (Å²) in [6.45, 7) is 4.75. The molecule has 3 N–H and O–H groups in total. The predicted octanol–water partition coefficient (Wildman–Crippen LogP) is 2.98. The summed E-state index contributed by atoms with van der Waals surface area (Å²) >= 11 is 0. The molecule has 0 spiro atoms. The van der Waals surface area contributed by atoms with E-state index >= 15 is 0 Å². The van der Waals surface area contributed by atoms with E-state index in [1.165, 1.54) is 18.4 Å². The first-order chi connectivity index (χ1) is 8.19. The molecule has 0 aliphatic carbocycles. The van der Waals surface area contributed by atoms with Crippen LogP contribution in [0, 0.1) is 6.92 Å². The van der Waals surface area contributed by atoms with Crippen molar-refractivity contribution >= 4 is 0 Å². The van der Waals surface area contributed by atoms with Crippen LogP contribution < -0.4 is 5.73 Å². The summed E-state index contributed by atoms with van der Waals surface area (Å²) in [5, 5.41) is 10.2. The molecule has 96 valence electrons. The quantitative estimate of drug-likeness (QED) is 0.714. The maximum Gasteiger partial charge on any atom is 0.0620 e. The van der Waals surface area contributed by atoms with Gasteiger partial charge in [0, 0.05) is 12.5 Å². The molecule has 0 bridgehead atoms. The molecule has 0 saturated carbocycles. The fraction of sp³-hybridized carbons (Fsp3) is 0.600. The molecular formula is C15H25NO. The Morgan fingerprint density at radius 3 is 2.35 bits per heavy atom. The molecule has 1 rings (SSSR count).